The Morgan fingerprint density at radius 2 is 2.22 bits per heavy atom. The summed E-state index contributed by atoms with van der Waals surface area (Å²) in [5.74, 6) is 7.32. The lowest BCUT2D eigenvalue weighted by Gasteiger charge is -2.41. The minimum Gasteiger partial charge on any atom is -0.467 e. The Kier molecular flexibility index (Phi) is 6.44. The molecule has 1 amide bonds. The van der Waals surface area contributed by atoms with Gasteiger partial charge in [0.25, 0.3) is 0 Å². The predicted molar refractivity (Wildman–Crippen MR) is 105 cm³/mol. The lowest BCUT2D eigenvalue weighted by atomic mass is 10.1. The number of amides is 1. The summed E-state index contributed by atoms with van der Waals surface area (Å²) in [6.45, 7) is 6.16. The Labute approximate surface area is 164 Å². The number of hydrogen-bond acceptors (Lipinski definition) is 4. The largest absolute Gasteiger partial charge is 0.467 e. The van der Waals surface area contributed by atoms with Crippen LogP contribution in [0, 0.1) is 11.8 Å². The number of rotatable bonds is 3. The van der Waals surface area contributed by atoms with Crippen LogP contribution in [0.5, 0.6) is 0 Å². The Morgan fingerprint density at radius 3 is 2.89 bits per heavy atom. The predicted octanol–water partition coefficient (Wildman–Crippen LogP) is 4.19. The first-order chi connectivity index (χ1) is 13.1. The van der Waals surface area contributed by atoms with Crippen molar-refractivity contribution < 1.29 is 13.9 Å². The van der Waals surface area contributed by atoms with Crippen LogP contribution >= 0.6 is 11.6 Å². The summed E-state index contributed by atoms with van der Waals surface area (Å²) in [6, 6.07) is 11.2. The van der Waals surface area contributed by atoms with Crippen LogP contribution in [0.15, 0.2) is 47.1 Å². The van der Waals surface area contributed by atoms with Crippen molar-refractivity contribution in [2.24, 2.45) is 0 Å². The normalized spacial score (nSPS) is 18.5. The highest BCUT2D eigenvalue weighted by atomic mass is 35.5. The van der Waals surface area contributed by atoms with Crippen molar-refractivity contribution in [1.82, 2.24) is 9.80 Å². The smallest absolute Gasteiger partial charge is 0.409 e. The number of nitrogens with zero attached hydrogens (tertiary/aromatic N) is 2. The van der Waals surface area contributed by atoms with Gasteiger partial charge in [-0.25, -0.2) is 4.79 Å². The van der Waals surface area contributed by atoms with Crippen molar-refractivity contribution >= 4 is 17.7 Å². The van der Waals surface area contributed by atoms with E-state index in [-0.39, 0.29) is 18.2 Å². The van der Waals surface area contributed by atoms with Gasteiger partial charge < -0.3 is 14.1 Å². The summed E-state index contributed by atoms with van der Waals surface area (Å²) in [5.41, 5.74) is 0.858. The number of ether oxygens (including phenoxy) is 1. The van der Waals surface area contributed by atoms with Gasteiger partial charge in [-0.2, -0.15) is 0 Å². The van der Waals surface area contributed by atoms with E-state index >= 15 is 0 Å². The molecule has 5 nitrogen and oxygen atoms in total. The maximum absolute atomic E-state index is 12.0. The zero-order chi connectivity index (χ0) is 19.2. The van der Waals surface area contributed by atoms with Crippen LogP contribution in [0.2, 0.25) is 5.02 Å². The second kappa shape index (κ2) is 8.98. The van der Waals surface area contributed by atoms with Crippen molar-refractivity contribution in [1.29, 1.82) is 0 Å². The van der Waals surface area contributed by atoms with E-state index in [0.29, 0.717) is 31.3 Å². The van der Waals surface area contributed by atoms with Crippen LogP contribution in [0.4, 0.5) is 4.79 Å². The molecular formula is C21H23ClN2O3. The van der Waals surface area contributed by atoms with Gasteiger partial charge in [0.2, 0.25) is 0 Å². The van der Waals surface area contributed by atoms with Crippen LogP contribution < -0.4 is 0 Å². The number of carbonyl (C=O) groups excluding carboxylic acids is 1. The molecule has 0 saturated carbocycles. The number of hydrogen-bond donors (Lipinski definition) is 0. The molecule has 2 heterocycles. The van der Waals surface area contributed by atoms with Gasteiger partial charge >= 0.3 is 6.09 Å². The second-order valence-corrected chi connectivity index (χ2v) is 6.87. The van der Waals surface area contributed by atoms with Crippen LogP contribution in [0.1, 0.15) is 31.2 Å². The van der Waals surface area contributed by atoms with Crippen molar-refractivity contribution in [3.05, 3.63) is 59.0 Å². The average Bonchev–Trinajstić information content (AvgIpc) is 3.17. The average molecular weight is 387 g/mol. The standard InChI is InChI=1S/C21H23ClN2O3/c1-3-26-21(25)23-11-12-24(16(2)15-23)19(20-8-5-13-27-20)10-9-17-6-4-7-18(22)14-17/h4-8,13-14,16,19H,3,11-12,15H2,1-2H3/t16-,19-/m0/s1. The fourth-order valence-corrected chi connectivity index (χ4v) is 3.41. The summed E-state index contributed by atoms with van der Waals surface area (Å²) >= 11 is 6.06. The summed E-state index contributed by atoms with van der Waals surface area (Å²) in [5, 5.41) is 0.660. The molecule has 1 aromatic carbocycles. The molecule has 3 rings (SSSR count). The maximum Gasteiger partial charge on any atom is 0.409 e. The monoisotopic (exact) mass is 386 g/mol. The van der Waals surface area contributed by atoms with Gasteiger partial charge in [-0.15, -0.1) is 0 Å². The van der Waals surface area contributed by atoms with Gasteiger partial charge in [-0.05, 0) is 44.2 Å². The topological polar surface area (TPSA) is 45.9 Å². The summed E-state index contributed by atoms with van der Waals surface area (Å²) in [6.07, 6.45) is 1.40. The summed E-state index contributed by atoms with van der Waals surface area (Å²) in [4.78, 5) is 16.0. The Morgan fingerprint density at radius 1 is 1.37 bits per heavy atom. The molecule has 1 aromatic heterocycles. The Hall–Kier alpha value is -2.42. The maximum atomic E-state index is 12.0. The molecule has 1 saturated heterocycles. The van der Waals surface area contributed by atoms with Crippen molar-refractivity contribution in [3.63, 3.8) is 0 Å². The van der Waals surface area contributed by atoms with Gasteiger partial charge in [-0.3, -0.25) is 4.90 Å². The van der Waals surface area contributed by atoms with Gasteiger partial charge in [0, 0.05) is 36.3 Å². The highest BCUT2D eigenvalue weighted by Crippen LogP contribution is 2.26. The van der Waals surface area contributed by atoms with Crippen molar-refractivity contribution in [3.8, 4) is 11.8 Å². The minimum absolute atomic E-state index is 0.118. The van der Waals surface area contributed by atoms with Crippen LogP contribution in [-0.2, 0) is 4.74 Å². The second-order valence-electron chi connectivity index (χ2n) is 6.43. The fraction of sp³-hybridized carbons (Fsp3) is 0.381. The zero-order valence-electron chi connectivity index (χ0n) is 15.5. The van der Waals surface area contributed by atoms with E-state index in [1.165, 1.54) is 0 Å². The van der Waals surface area contributed by atoms with E-state index in [0.717, 1.165) is 11.3 Å². The SMILES string of the molecule is CCOC(=O)N1CCN([C@@H](C#Cc2cccc(Cl)c2)c2ccco2)[C@@H](C)C1. The minimum atomic E-state index is -0.261. The number of halogens is 1. The van der Waals surface area contributed by atoms with E-state index in [9.17, 15) is 4.79 Å². The molecule has 0 aliphatic carbocycles. The van der Waals surface area contributed by atoms with Crippen LogP contribution in [0.3, 0.4) is 0 Å². The number of benzene rings is 1. The van der Waals surface area contributed by atoms with E-state index < -0.39 is 0 Å². The third kappa shape index (κ3) is 4.85. The molecule has 2 atom stereocenters. The molecule has 6 heteroatoms. The van der Waals surface area contributed by atoms with Gasteiger partial charge in [-0.1, -0.05) is 29.5 Å². The molecule has 0 N–H and O–H groups in total. The zero-order valence-corrected chi connectivity index (χ0v) is 16.3. The number of piperazine rings is 1. The highest BCUT2D eigenvalue weighted by molar-refractivity contribution is 6.30. The third-order valence-corrected chi connectivity index (χ3v) is 4.76. The molecule has 0 spiro atoms. The molecule has 0 unspecified atom stereocenters. The lowest BCUT2D eigenvalue weighted by molar-refractivity contribution is 0.0441. The Bertz CT molecular complexity index is 825. The van der Waals surface area contributed by atoms with E-state index in [2.05, 4.69) is 23.7 Å². The van der Waals surface area contributed by atoms with Gasteiger partial charge in [0.05, 0.1) is 12.9 Å². The third-order valence-electron chi connectivity index (χ3n) is 4.53. The van der Waals surface area contributed by atoms with E-state index in [1.54, 1.807) is 11.2 Å². The molecule has 1 aliphatic rings. The van der Waals surface area contributed by atoms with E-state index in [1.807, 2.05) is 43.3 Å². The molecule has 27 heavy (non-hydrogen) atoms. The van der Waals surface area contributed by atoms with E-state index in [4.69, 9.17) is 20.8 Å². The number of carbonyl (C=O) groups is 1. The molecule has 1 fully saturated rings. The fourth-order valence-electron chi connectivity index (χ4n) is 3.22. The molecular weight excluding hydrogens is 364 g/mol. The summed E-state index contributed by atoms with van der Waals surface area (Å²) in [7, 11) is 0. The molecule has 0 radical (unpaired) electrons. The molecule has 142 valence electrons. The van der Waals surface area contributed by atoms with Crippen molar-refractivity contribution in [2.45, 2.75) is 25.9 Å². The lowest BCUT2D eigenvalue weighted by Crippen LogP contribution is -2.54. The first kappa shape index (κ1) is 19.3. The van der Waals surface area contributed by atoms with Crippen LogP contribution in [-0.4, -0.2) is 48.2 Å². The molecule has 2 aromatic rings. The van der Waals surface area contributed by atoms with Gasteiger partial charge in [0.15, 0.2) is 0 Å². The first-order valence-corrected chi connectivity index (χ1v) is 9.44. The van der Waals surface area contributed by atoms with Crippen LogP contribution in [0.25, 0.3) is 0 Å². The first-order valence-electron chi connectivity index (χ1n) is 9.06. The molecule has 1 aliphatic heterocycles. The van der Waals surface area contributed by atoms with Crippen molar-refractivity contribution in [2.75, 3.05) is 26.2 Å². The van der Waals surface area contributed by atoms with Gasteiger partial charge in [0.1, 0.15) is 11.8 Å². The quantitative estimate of drug-likeness (QED) is 0.742. The number of furan rings is 1. The summed E-state index contributed by atoms with van der Waals surface area (Å²) < 4.78 is 10.8. The Balaban J connectivity index is 1.80. The molecule has 0 bridgehead atoms. The highest BCUT2D eigenvalue weighted by Gasteiger charge is 2.33.